The van der Waals surface area contributed by atoms with E-state index in [2.05, 4.69) is 27.0 Å². The number of furan rings is 1. The molecule has 1 N–H and O–H groups in total. The van der Waals surface area contributed by atoms with Gasteiger partial charge in [-0.3, -0.25) is 0 Å². The first-order valence-electron chi connectivity index (χ1n) is 6.92. The summed E-state index contributed by atoms with van der Waals surface area (Å²) in [6.45, 7) is -0.120. The Bertz CT molecular complexity index is 821. The van der Waals surface area contributed by atoms with Gasteiger partial charge in [-0.25, -0.2) is 0 Å². The van der Waals surface area contributed by atoms with Gasteiger partial charge in [0.2, 0.25) is 11.7 Å². The molecule has 2 heterocycles. The van der Waals surface area contributed by atoms with Crippen LogP contribution in [0.4, 0.5) is 0 Å². The number of benzene rings is 1. The van der Waals surface area contributed by atoms with Crippen molar-refractivity contribution in [2.45, 2.75) is 0 Å². The van der Waals surface area contributed by atoms with Crippen molar-refractivity contribution in [1.29, 1.82) is 0 Å². The second kappa shape index (κ2) is 7.20. The molecule has 0 unspecified atom stereocenters. The van der Waals surface area contributed by atoms with Crippen LogP contribution in [0.1, 0.15) is 0 Å². The molecule has 0 bridgehead atoms. The van der Waals surface area contributed by atoms with Gasteiger partial charge >= 0.3 is 0 Å². The minimum absolute atomic E-state index is 0.0939. The molecule has 1 aromatic carbocycles. The minimum Gasteiger partial charge on any atom is -0.463 e. The van der Waals surface area contributed by atoms with Crippen LogP contribution < -0.4 is 4.74 Å². The summed E-state index contributed by atoms with van der Waals surface area (Å²) in [5.41, 5.74) is 1.36. The lowest BCUT2D eigenvalue weighted by atomic mass is 10.1. The van der Waals surface area contributed by atoms with Crippen LogP contribution in [0.3, 0.4) is 0 Å². The van der Waals surface area contributed by atoms with Crippen LogP contribution in [0.25, 0.3) is 22.8 Å². The maximum Gasteiger partial charge on any atom is 0.245 e. The molecule has 6 heteroatoms. The zero-order valence-corrected chi connectivity index (χ0v) is 12.1. The standard InChI is InChI=1S/C17H13N3O3/c21-10-4-5-11-23-17-15(13-7-2-1-3-8-13)19-20-16(18-17)14-9-6-12-22-14/h1-3,6-9,12,21H,10-11H2. The molecule has 114 valence electrons. The van der Waals surface area contributed by atoms with Crippen molar-refractivity contribution in [2.24, 2.45) is 0 Å². The monoisotopic (exact) mass is 307 g/mol. The molecule has 0 aliphatic rings. The molecule has 0 saturated carbocycles. The maximum atomic E-state index is 8.69. The normalized spacial score (nSPS) is 9.96. The Kier molecular flexibility index (Phi) is 4.62. The van der Waals surface area contributed by atoms with E-state index >= 15 is 0 Å². The van der Waals surface area contributed by atoms with Crippen molar-refractivity contribution in [1.82, 2.24) is 15.2 Å². The van der Waals surface area contributed by atoms with Crippen LogP contribution in [-0.4, -0.2) is 33.5 Å². The fourth-order valence-corrected chi connectivity index (χ4v) is 1.91. The number of hydrogen-bond acceptors (Lipinski definition) is 6. The molecule has 0 aliphatic heterocycles. The Labute approximate surface area is 132 Å². The maximum absolute atomic E-state index is 8.69. The molecule has 0 aliphatic carbocycles. The molecular formula is C17H13N3O3. The fourth-order valence-electron chi connectivity index (χ4n) is 1.91. The number of aromatic nitrogens is 3. The molecule has 23 heavy (non-hydrogen) atoms. The van der Waals surface area contributed by atoms with E-state index in [-0.39, 0.29) is 13.2 Å². The van der Waals surface area contributed by atoms with E-state index in [1.54, 1.807) is 12.1 Å². The Morgan fingerprint density at radius 1 is 1.04 bits per heavy atom. The summed E-state index contributed by atoms with van der Waals surface area (Å²) in [7, 11) is 0. The molecule has 3 rings (SSSR count). The molecule has 0 amide bonds. The number of rotatable bonds is 4. The summed E-state index contributed by atoms with van der Waals surface area (Å²) in [5.74, 6) is 6.35. The van der Waals surface area contributed by atoms with Gasteiger partial charge in [-0.15, -0.1) is 10.2 Å². The van der Waals surface area contributed by atoms with Crippen LogP contribution in [0.5, 0.6) is 5.88 Å². The van der Waals surface area contributed by atoms with E-state index in [1.165, 1.54) is 6.26 Å². The average Bonchev–Trinajstić information content (AvgIpc) is 3.14. The van der Waals surface area contributed by atoms with E-state index < -0.39 is 0 Å². The van der Waals surface area contributed by atoms with E-state index in [0.717, 1.165) is 5.56 Å². The van der Waals surface area contributed by atoms with Crippen LogP contribution in [-0.2, 0) is 0 Å². The van der Waals surface area contributed by atoms with E-state index in [0.29, 0.717) is 23.2 Å². The van der Waals surface area contributed by atoms with E-state index in [9.17, 15) is 0 Å². The number of ether oxygens (including phenoxy) is 1. The lowest BCUT2D eigenvalue weighted by Gasteiger charge is -2.08. The van der Waals surface area contributed by atoms with Crippen molar-refractivity contribution >= 4 is 0 Å². The molecule has 0 radical (unpaired) electrons. The van der Waals surface area contributed by atoms with Crippen molar-refractivity contribution in [3.05, 3.63) is 48.7 Å². The average molecular weight is 307 g/mol. The summed E-state index contributed by atoms with van der Waals surface area (Å²) in [6.07, 6.45) is 1.54. The summed E-state index contributed by atoms with van der Waals surface area (Å²) in [4.78, 5) is 4.37. The smallest absolute Gasteiger partial charge is 0.245 e. The second-order valence-electron chi connectivity index (χ2n) is 4.43. The van der Waals surface area contributed by atoms with Crippen LogP contribution in [0.15, 0.2) is 53.1 Å². The Morgan fingerprint density at radius 2 is 1.91 bits per heavy atom. The predicted molar refractivity (Wildman–Crippen MR) is 83.3 cm³/mol. The molecule has 0 atom stereocenters. The summed E-state index contributed by atoms with van der Waals surface area (Å²) in [5, 5.41) is 17.0. The number of aliphatic hydroxyl groups excluding tert-OH is 1. The third-order valence-electron chi connectivity index (χ3n) is 2.93. The lowest BCUT2D eigenvalue weighted by molar-refractivity contribution is 0.344. The van der Waals surface area contributed by atoms with Gasteiger partial charge in [0.25, 0.3) is 0 Å². The first kappa shape index (κ1) is 14.8. The SMILES string of the molecule is OCC#CCOc1nc(-c2ccco2)nnc1-c1ccccc1. The zero-order chi connectivity index (χ0) is 15.9. The first-order valence-corrected chi connectivity index (χ1v) is 6.92. The van der Waals surface area contributed by atoms with Crippen molar-refractivity contribution in [2.75, 3.05) is 13.2 Å². The van der Waals surface area contributed by atoms with Crippen molar-refractivity contribution < 1.29 is 14.3 Å². The fraction of sp³-hybridized carbons (Fsp3) is 0.118. The third kappa shape index (κ3) is 3.54. The zero-order valence-electron chi connectivity index (χ0n) is 12.1. The Balaban J connectivity index is 1.97. The predicted octanol–water partition coefficient (Wildman–Crippen LogP) is 2.17. The van der Waals surface area contributed by atoms with Gasteiger partial charge in [0, 0.05) is 5.56 Å². The van der Waals surface area contributed by atoms with Gasteiger partial charge in [0.15, 0.2) is 18.1 Å². The number of aliphatic hydroxyl groups is 1. The quantitative estimate of drug-likeness (QED) is 0.744. The van der Waals surface area contributed by atoms with Crippen LogP contribution in [0.2, 0.25) is 0 Å². The molecule has 6 nitrogen and oxygen atoms in total. The van der Waals surface area contributed by atoms with Crippen LogP contribution in [0, 0.1) is 11.8 Å². The third-order valence-corrected chi connectivity index (χ3v) is 2.93. The molecular weight excluding hydrogens is 294 g/mol. The summed E-state index contributed by atoms with van der Waals surface area (Å²) >= 11 is 0. The van der Waals surface area contributed by atoms with Crippen molar-refractivity contribution in [3.63, 3.8) is 0 Å². The van der Waals surface area contributed by atoms with Gasteiger partial charge in [0.1, 0.15) is 6.61 Å². The molecule has 0 saturated heterocycles. The topological polar surface area (TPSA) is 81.3 Å². The van der Waals surface area contributed by atoms with Crippen molar-refractivity contribution in [3.8, 4) is 40.6 Å². The van der Waals surface area contributed by atoms with Gasteiger partial charge in [-0.2, -0.15) is 4.98 Å². The van der Waals surface area contributed by atoms with Gasteiger partial charge < -0.3 is 14.3 Å². The Hall–Kier alpha value is -3.17. The summed E-state index contributed by atoms with van der Waals surface area (Å²) < 4.78 is 10.9. The summed E-state index contributed by atoms with van der Waals surface area (Å²) in [6, 6.07) is 13.0. The molecule has 0 fully saturated rings. The molecule has 0 spiro atoms. The molecule has 3 aromatic rings. The van der Waals surface area contributed by atoms with Crippen LogP contribution >= 0.6 is 0 Å². The molecule has 2 aromatic heterocycles. The Morgan fingerprint density at radius 3 is 2.65 bits per heavy atom. The van der Waals surface area contributed by atoms with Gasteiger partial charge in [-0.1, -0.05) is 42.2 Å². The highest BCUT2D eigenvalue weighted by molar-refractivity contribution is 5.64. The highest BCUT2D eigenvalue weighted by atomic mass is 16.5. The highest BCUT2D eigenvalue weighted by Crippen LogP contribution is 2.27. The largest absolute Gasteiger partial charge is 0.463 e. The van der Waals surface area contributed by atoms with E-state index in [4.69, 9.17) is 14.3 Å². The lowest BCUT2D eigenvalue weighted by Crippen LogP contribution is -2.04. The number of nitrogens with zero attached hydrogens (tertiary/aromatic N) is 3. The second-order valence-corrected chi connectivity index (χ2v) is 4.43. The van der Waals surface area contributed by atoms with Gasteiger partial charge in [0.05, 0.1) is 6.26 Å². The number of hydrogen-bond donors (Lipinski definition) is 1. The first-order chi connectivity index (χ1) is 11.4. The minimum atomic E-state index is -0.214. The van der Waals surface area contributed by atoms with E-state index in [1.807, 2.05) is 30.3 Å². The van der Waals surface area contributed by atoms with Gasteiger partial charge in [-0.05, 0) is 12.1 Å². The highest BCUT2D eigenvalue weighted by Gasteiger charge is 2.14.